The number of amides is 1. The maximum atomic E-state index is 14.1. The second kappa shape index (κ2) is 5.71. The summed E-state index contributed by atoms with van der Waals surface area (Å²) < 4.78 is 14.1. The first-order valence-corrected chi connectivity index (χ1v) is 6.82. The molecule has 0 aliphatic carbocycles. The van der Waals surface area contributed by atoms with Gasteiger partial charge in [0.05, 0.1) is 11.3 Å². The smallest absolute Gasteiger partial charge is 0.299 e. The zero-order chi connectivity index (χ0) is 14.9. The molecule has 0 aromatic heterocycles. The third-order valence-electron chi connectivity index (χ3n) is 3.40. The van der Waals surface area contributed by atoms with Crippen molar-refractivity contribution in [3.05, 3.63) is 29.1 Å². The summed E-state index contributed by atoms with van der Waals surface area (Å²) in [5.41, 5.74) is 0.960. The lowest BCUT2D eigenvalue weighted by Gasteiger charge is -2.21. The van der Waals surface area contributed by atoms with Crippen LogP contribution in [0.4, 0.5) is 10.1 Å². The van der Waals surface area contributed by atoms with E-state index in [1.165, 1.54) is 11.0 Å². The van der Waals surface area contributed by atoms with Gasteiger partial charge in [0, 0.05) is 6.54 Å². The van der Waals surface area contributed by atoms with Crippen LogP contribution in [0.5, 0.6) is 0 Å². The Hall–Kier alpha value is -1.75. The molecule has 1 heterocycles. The molecular formula is C15H19FN2O2. The van der Waals surface area contributed by atoms with E-state index < -0.39 is 17.5 Å². The molecule has 0 saturated heterocycles. The Morgan fingerprint density at radius 2 is 2.05 bits per heavy atom. The topological polar surface area (TPSA) is 49.4 Å². The molecular weight excluding hydrogens is 259 g/mol. The highest BCUT2D eigenvalue weighted by Gasteiger charge is 2.38. The molecule has 1 atom stereocenters. The van der Waals surface area contributed by atoms with E-state index in [9.17, 15) is 14.0 Å². The molecule has 1 aliphatic rings. The largest absolute Gasteiger partial charge is 0.317 e. The van der Waals surface area contributed by atoms with Crippen LogP contribution in [-0.2, 0) is 4.79 Å². The zero-order valence-electron chi connectivity index (χ0n) is 12.0. The Morgan fingerprint density at radius 1 is 1.35 bits per heavy atom. The van der Waals surface area contributed by atoms with E-state index in [0.717, 1.165) is 13.1 Å². The Balaban J connectivity index is 2.29. The van der Waals surface area contributed by atoms with Gasteiger partial charge >= 0.3 is 0 Å². The van der Waals surface area contributed by atoms with Crippen LogP contribution < -0.4 is 10.2 Å². The van der Waals surface area contributed by atoms with Gasteiger partial charge in [-0.2, -0.15) is 0 Å². The van der Waals surface area contributed by atoms with Crippen LogP contribution in [0.15, 0.2) is 12.1 Å². The van der Waals surface area contributed by atoms with E-state index in [-0.39, 0.29) is 17.2 Å². The summed E-state index contributed by atoms with van der Waals surface area (Å²) >= 11 is 0. The fourth-order valence-corrected chi connectivity index (χ4v) is 2.46. The molecule has 0 fully saturated rings. The summed E-state index contributed by atoms with van der Waals surface area (Å²) in [6.07, 6.45) is 0. The molecule has 1 aliphatic heterocycles. The van der Waals surface area contributed by atoms with Gasteiger partial charge in [-0.15, -0.1) is 0 Å². The van der Waals surface area contributed by atoms with Gasteiger partial charge in [-0.25, -0.2) is 4.39 Å². The third-order valence-corrected chi connectivity index (χ3v) is 3.40. The predicted molar refractivity (Wildman–Crippen MR) is 75.5 cm³/mol. The summed E-state index contributed by atoms with van der Waals surface area (Å²) in [5.74, 6) is -1.61. The second-order valence-electron chi connectivity index (χ2n) is 5.30. The first-order chi connectivity index (χ1) is 9.45. The molecule has 0 radical (unpaired) electrons. The summed E-state index contributed by atoms with van der Waals surface area (Å²) in [6, 6.07) is 2.93. The first-order valence-electron chi connectivity index (χ1n) is 6.82. The highest BCUT2D eigenvalue weighted by Crippen LogP contribution is 2.33. The van der Waals surface area contributed by atoms with Crippen LogP contribution in [0.1, 0.15) is 29.8 Å². The normalized spacial score (nSPS) is 15.7. The van der Waals surface area contributed by atoms with Crippen molar-refractivity contribution in [1.29, 1.82) is 0 Å². The van der Waals surface area contributed by atoms with Crippen LogP contribution >= 0.6 is 0 Å². The SMILES string of the molecule is CCNCC(C)CN1C(=O)C(=O)c2cc(C)cc(F)c21. The lowest BCUT2D eigenvalue weighted by molar-refractivity contribution is -0.114. The number of fused-ring (bicyclic) bond motifs is 1. The molecule has 1 unspecified atom stereocenters. The molecule has 1 N–H and O–H groups in total. The monoisotopic (exact) mass is 278 g/mol. The summed E-state index contributed by atoms with van der Waals surface area (Å²) in [5, 5.41) is 3.18. The number of nitrogens with one attached hydrogen (secondary N) is 1. The van der Waals surface area contributed by atoms with E-state index in [2.05, 4.69) is 5.32 Å². The van der Waals surface area contributed by atoms with Crippen molar-refractivity contribution < 1.29 is 14.0 Å². The number of halogens is 1. The van der Waals surface area contributed by atoms with Crippen LogP contribution in [0.25, 0.3) is 0 Å². The molecule has 2 rings (SSSR count). The standard InChI is InChI=1S/C15H19FN2O2/c1-4-17-7-10(3)8-18-13-11(14(19)15(18)20)5-9(2)6-12(13)16/h5-6,10,17H,4,7-8H2,1-3H3. The number of hydrogen-bond acceptors (Lipinski definition) is 3. The number of benzene rings is 1. The molecule has 4 nitrogen and oxygen atoms in total. The number of anilines is 1. The van der Waals surface area contributed by atoms with Gasteiger partial charge in [0.25, 0.3) is 11.7 Å². The quantitative estimate of drug-likeness (QED) is 0.837. The van der Waals surface area contributed by atoms with Gasteiger partial charge in [-0.1, -0.05) is 13.8 Å². The minimum atomic E-state index is -0.632. The molecule has 1 amide bonds. The summed E-state index contributed by atoms with van der Waals surface area (Å²) in [7, 11) is 0. The predicted octanol–water partition coefficient (Wildman–Crippen LogP) is 1.91. The van der Waals surface area contributed by atoms with Crippen molar-refractivity contribution in [2.45, 2.75) is 20.8 Å². The van der Waals surface area contributed by atoms with E-state index in [1.54, 1.807) is 13.0 Å². The summed E-state index contributed by atoms with van der Waals surface area (Å²) in [6.45, 7) is 7.56. The molecule has 1 aromatic rings. The number of Topliss-reactive ketones (excluding diaryl/α,β-unsaturated/α-hetero) is 1. The van der Waals surface area contributed by atoms with E-state index in [0.29, 0.717) is 12.1 Å². The van der Waals surface area contributed by atoms with Crippen LogP contribution in [-0.4, -0.2) is 31.3 Å². The Bertz CT molecular complexity index is 557. The van der Waals surface area contributed by atoms with Crippen LogP contribution in [0.3, 0.4) is 0 Å². The molecule has 0 saturated carbocycles. The van der Waals surface area contributed by atoms with Gasteiger partial charge in [0.2, 0.25) is 0 Å². The number of aryl methyl sites for hydroxylation is 1. The maximum Gasteiger partial charge on any atom is 0.299 e. The van der Waals surface area contributed by atoms with E-state index >= 15 is 0 Å². The van der Waals surface area contributed by atoms with Gasteiger partial charge in [0.1, 0.15) is 5.82 Å². The number of carbonyl (C=O) groups is 2. The minimum absolute atomic E-state index is 0.133. The van der Waals surface area contributed by atoms with Crippen LogP contribution in [0, 0.1) is 18.7 Å². The van der Waals surface area contributed by atoms with Crippen molar-refractivity contribution in [3.63, 3.8) is 0 Å². The fourth-order valence-electron chi connectivity index (χ4n) is 2.46. The van der Waals surface area contributed by atoms with Crippen LogP contribution in [0.2, 0.25) is 0 Å². The summed E-state index contributed by atoms with van der Waals surface area (Å²) in [4.78, 5) is 25.2. The van der Waals surface area contributed by atoms with Gasteiger partial charge < -0.3 is 10.2 Å². The van der Waals surface area contributed by atoms with Gasteiger partial charge in [0.15, 0.2) is 0 Å². The van der Waals surface area contributed by atoms with Crippen molar-refractivity contribution in [2.24, 2.45) is 5.92 Å². The fraction of sp³-hybridized carbons (Fsp3) is 0.467. The van der Waals surface area contributed by atoms with Gasteiger partial charge in [-0.3, -0.25) is 9.59 Å². The third kappa shape index (κ3) is 2.58. The van der Waals surface area contributed by atoms with E-state index in [1.807, 2.05) is 13.8 Å². The number of hydrogen-bond donors (Lipinski definition) is 1. The Kier molecular flexibility index (Phi) is 4.18. The molecule has 1 aromatic carbocycles. The van der Waals surface area contributed by atoms with Crippen molar-refractivity contribution in [3.8, 4) is 0 Å². The molecule has 5 heteroatoms. The molecule has 0 spiro atoms. The highest BCUT2D eigenvalue weighted by molar-refractivity contribution is 6.52. The maximum absolute atomic E-state index is 14.1. The Labute approximate surface area is 118 Å². The number of carbonyl (C=O) groups excluding carboxylic acids is 2. The average molecular weight is 278 g/mol. The highest BCUT2D eigenvalue weighted by atomic mass is 19.1. The second-order valence-corrected chi connectivity index (χ2v) is 5.30. The van der Waals surface area contributed by atoms with Crippen molar-refractivity contribution in [1.82, 2.24) is 5.32 Å². The van der Waals surface area contributed by atoms with E-state index in [4.69, 9.17) is 0 Å². The van der Waals surface area contributed by atoms with Crippen molar-refractivity contribution in [2.75, 3.05) is 24.5 Å². The average Bonchev–Trinajstić information content (AvgIpc) is 2.62. The lowest BCUT2D eigenvalue weighted by atomic mass is 10.1. The van der Waals surface area contributed by atoms with Crippen molar-refractivity contribution >= 4 is 17.4 Å². The molecule has 108 valence electrons. The number of ketones is 1. The lowest BCUT2D eigenvalue weighted by Crippen LogP contribution is -2.37. The Morgan fingerprint density at radius 3 is 2.70 bits per heavy atom. The van der Waals surface area contributed by atoms with Gasteiger partial charge in [-0.05, 0) is 43.6 Å². The number of rotatable bonds is 5. The molecule has 20 heavy (non-hydrogen) atoms. The first kappa shape index (κ1) is 14.7. The molecule has 0 bridgehead atoms. The number of nitrogens with zero attached hydrogens (tertiary/aromatic N) is 1. The minimum Gasteiger partial charge on any atom is -0.317 e. The zero-order valence-corrected chi connectivity index (χ0v) is 12.0.